The summed E-state index contributed by atoms with van der Waals surface area (Å²) >= 11 is 0. The van der Waals surface area contributed by atoms with Crippen LogP contribution in [0.3, 0.4) is 0 Å². The molecule has 0 bridgehead atoms. The van der Waals surface area contributed by atoms with Crippen LogP contribution in [0.1, 0.15) is 97.3 Å². The Balaban J connectivity index is 0.00000368. The van der Waals surface area contributed by atoms with Gasteiger partial charge in [0.05, 0.1) is 0 Å². The zero-order valence-corrected chi connectivity index (χ0v) is 30.2. The van der Waals surface area contributed by atoms with Crippen molar-refractivity contribution in [1.82, 2.24) is 9.97 Å². The summed E-state index contributed by atoms with van der Waals surface area (Å²) < 4.78 is 12.4. The number of ether oxygens (including phenoxy) is 1. The fraction of sp³-hybridized carbons (Fsp3) is 0.611. The molecule has 3 saturated carbocycles. The van der Waals surface area contributed by atoms with Crippen molar-refractivity contribution in [1.29, 1.82) is 0 Å². The van der Waals surface area contributed by atoms with Gasteiger partial charge in [-0.15, -0.1) is 5.92 Å². The fourth-order valence-electron chi connectivity index (χ4n) is 8.80. The minimum Gasteiger partial charge on any atom is -0.571 e. The van der Waals surface area contributed by atoms with Gasteiger partial charge < -0.3 is 13.9 Å². The average Bonchev–Trinajstić information content (AvgIpc) is 3.74. The number of allylic oxidation sites excluding steroid dienone is 4. The van der Waals surface area contributed by atoms with Gasteiger partial charge in [-0.2, -0.15) is 11.4 Å². The molecular formula is C36H46N2O4U. The number of oxazole rings is 1. The SMILES string of the molecule is CCC[C@H](C)C1C(C2C[C-](C(=O)CCc3nc4ncccc4o3)[C@H](O[CH-]C3CCCC3)C2)CCC2=CC(=O)C=CC21C.[U+2]. The third kappa shape index (κ3) is 6.95. The van der Waals surface area contributed by atoms with Gasteiger partial charge in [0.1, 0.15) is 0 Å². The molecule has 4 aliphatic carbocycles. The minimum atomic E-state index is -0.149. The first-order valence-corrected chi connectivity index (χ1v) is 16.4. The molecule has 228 valence electrons. The Hall–Kier alpha value is -1.68. The molecule has 0 aromatic carbocycles. The second kappa shape index (κ2) is 14.2. The van der Waals surface area contributed by atoms with Gasteiger partial charge in [-0.25, -0.2) is 11.6 Å². The van der Waals surface area contributed by atoms with E-state index < -0.39 is 0 Å². The molecule has 0 saturated heterocycles. The Morgan fingerprint density at radius 1 is 1.28 bits per heavy atom. The molecule has 6 rings (SSSR count). The van der Waals surface area contributed by atoms with Crippen molar-refractivity contribution >= 4 is 22.8 Å². The van der Waals surface area contributed by atoms with Gasteiger partial charge in [0.2, 0.25) is 0 Å². The molecule has 7 heteroatoms. The number of pyridine rings is 1. The third-order valence-corrected chi connectivity index (χ3v) is 10.8. The normalized spacial score (nSPS) is 29.9. The van der Waals surface area contributed by atoms with Crippen LogP contribution >= 0.6 is 0 Å². The number of carbonyl (C=O) groups excluding carboxylic acids is 2. The summed E-state index contributed by atoms with van der Waals surface area (Å²) in [5.74, 6) is 4.16. The van der Waals surface area contributed by atoms with Gasteiger partial charge in [-0.3, -0.25) is 10.7 Å². The summed E-state index contributed by atoms with van der Waals surface area (Å²) in [6.45, 7) is 9.09. The maximum absolute atomic E-state index is 13.8. The molecule has 43 heavy (non-hydrogen) atoms. The van der Waals surface area contributed by atoms with Crippen LogP contribution in [0.4, 0.5) is 0 Å². The zero-order valence-electron chi connectivity index (χ0n) is 26.0. The Labute approximate surface area is 280 Å². The average molecular weight is 809 g/mol. The number of ketones is 2. The van der Waals surface area contributed by atoms with E-state index in [1.807, 2.05) is 18.2 Å². The van der Waals surface area contributed by atoms with Crippen LogP contribution < -0.4 is 0 Å². The van der Waals surface area contributed by atoms with E-state index in [0.717, 1.165) is 38.0 Å². The van der Waals surface area contributed by atoms with E-state index >= 15 is 0 Å². The van der Waals surface area contributed by atoms with Crippen molar-refractivity contribution in [2.45, 2.75) is 104 Å². The zero-order chi connectivity index (χ0) is 29.3. The van der Waals surface area contributed by atoms with Crippen molar-refractivity contribution < 1.29 is 49.9 Å². The summed E-state index contributed by atoms with van der Waals surface area (Å²) in [6.07, 6.45) is 19.2. The van der Waals surface area contributed by atoms with Crippen LogP contribution in [0.2, 0.25) is 0 Å². The Morgan fingerprint density at radius 2 is 2.09 bits per heavy atom. The minimum absolute atomic E-state index is 0. The number of Topliss-reactive ketones (excluding diaryl/α,β-unsaturated/α-hetero) is 1. The van der Waals surface area contributed by atoms with Crippen LogP contribution in [-0.4, -0.2) is 27.6 Å². The Bertz CT molecular complexity index is 1310. The van der Waals surface area contributed by atoms with Crippen molar-refractivity contribution in [3.8, 4) is 0 Å². The maximum atomic E-state index is 13.8. The van der Waals surface area contributed by atoms with E-state index in [-0.39, 0.29) is 54.2 Å². The molecule has 0 radical (unpaired) electrons. The predicted molar refractivity (Wildman–Crippen MR) is 163 cm³/mol. The summed E-state index contributed by atoms with van der Waals surface area (Å²) in [6, 6.07) is 3.69. The molecule has 0 spiro atoms. The van der Waals surface area contributed by atoms with E-state index in [4.69, 9.17) is 9.15 Å². The summed E-state index contributed by atoms with van der Waals surface area (Å²) in [4.78, 5) is 34.9. The third-order valence-electron chi connectivity index (χ3n) is 10.8. The summed E-state index contributed by atoms with van der Waals surface area (Å²) in [7, 11) is 0. The van der Waals surface area contributed by atoms with Gasteiger partial charge in [-0.1, -0.05) is 89.4 Å². The molecule has 0 aliphatic heterocycles. The van der Waals surface area contributed by atoms with Gasteiger partial charge >= 0.3 is 31.1 Å². The molecule has 2 aromatic rings. The summed E-state index contributed by atoms with van der Waals surface area (Å²) in [5, 5.41) is 0. The van der Waals surface area contributed by atoms with Gasteiger partial charge in [0.15, 0.2) is 22.9 Å². The number of hydrogen-bond acceptors (Lipinski definition) is 6. The molecule has 0 N–H and O–H groups in total. The molecular weight excluding hydrogens is 762 g/mol. The number of fused-ring (bicyclic) bond motifs is 2. The number of hydrogen-bond donors (Lipinski definition) is 0. The molecule has 6 atom stereocenters. The Kier molecular flexibility index (Phi) is 10.8. The topological polar surface area (TPSA) is 82.3 Å². The summed E-state index contributed by atoms with van der Waals surface area (Å²) in [5.41, 5.74) is 2.44. The largest absolute Gasteiger partial charge is 2.00 e. The van der Waals surface area contributed by atoms with Crippen molar-refractivity contribution in [2.24, 2.45) is 35.0 Å². The molecule has 2 aromatic heterocycles. The van der Waals surface area contributed by atoms with E-state index in [2.05, 4.69) is 43.4 Å². The van der Waals surface area contributed by atoms with Crippen LogP contribution in [0.15, 0.2) is 46.5 Å². The number of rotatable bonds is 11. The standard InChI is InChI=1S/C36H46N2O4.U/c1-4-8-23(2)34-28(13-12-26-21-27(39)16-17-36(26,34)3)25-19-29(32(20-25)41-22-24-9-5-6-10-24)30(40)14-15-33-38-35-31(42-33)11-7-18-37-35;/h7,11,16-18,21-25,28,32,34H,4-6,8-10,12-15,19-20H2,1-3H3;/q-2;+2/t23-,25?,28?,32+,34?,36?;/m0./s1. The first-order chi connectivity index (χ1) is 20.4. The van der Waals surface area contributed by atoms with Gasteiger partial charge in [-0.05, 0) is 61.3 Å². The second-order valence-electron chi connectivity index (χ2n) is 13.6. The molecule has 6 nitrogen and oxygen atoms in total. The van der Waals surface area contributed by atoms with Gasteiger partial charge in [0, 0.05) is 23.8 Å². The molecule has 0 amide bonds. The smallest absolute Gasteiger partial charge is 0.571 e. The molecule has 4 aliphatic rings. The van der Waals surface area contributed by atoms with Crippen LogP contribution in [0.25, 0.3) is 11.2 Å². The van der Waals surface area contributed by atoms with Crippen molar-refractivity contribution in [3.05, 3.63) is 60.5 Å². The van der Waals surface area contributed by atoms with E-state index in [9.17, 15) is 9.59 Å². The van der Waals surface area contributed by atoms with Crippen molar-refractivity contribution in [2.75, 3.05) is 0 Å². The Morgan fingerprint density at radius 3 is 2.86 bits per heavy atom. The number of aromatic nitrogens is 2. The van der Waals surface area contributed by atoms with E-state index in [0.29, 0.717) is 59.6 Å². The first-order valence-electron chi connectivity index (χ1n) is 16.4. The molecule has 3 fully saturated rings. The monoisotopic (exact) mass is 808 g/mol. The number of nitrogens with zero attached hydrogens (tertiary/aromatic N) is 2. The molecule has 2 heterocycles. The number of aryl methyl sites for hydroxylation is 1. The molecule has 4 unspecified atom stereocenters. The fourth-order valence-corrected chi connectivity index (χ4v) is 8.80. The first kappa shape index (κ1) is 32.7. The second-order valence-corrected chi connectivity index (χ2v) is 13.6. The van der Waals surface area contributed by atoms with E-state index in [1.165, 1.54) is 37.7 Å². The van der Waals surface area contributed by atoms with Crippen LogP contribution in [-0.2, 0) is 20.7 Å². The number of carbonyl (C=O) groups is 2. The van der Waals surface area contributed by atoms with Gasteiger partial charge in [0.25, 0.3) is 0 Å². The van der Waals surface area contributed by atoms with Crippen LogP contribution in [0, 0.1) is 78.6 Å². The van der Waals surface area contributed by atoms with Crippen LogP contribution in [0.5, 0.6) is 0 Å². The quantitative estimate of drug-likeness (QED) is 0.214. The van der Waals surface area contributed by atoms with E-state index in [1.54, 1.807) is 12.3 Å². The maximum Gasteiger partial charge on any atom is 2.00 e. The van der Waals surface area contributed by atoms with Crippen molar-refractivity contribution in [3.63, 3.8) is 0 Å². The predicted octanol–water partition coefficient (Wildman–Crippen LogP) is 7.98.